The molecule has 0 aliphatic heterocycles. The molecule has 1 amide bonds. The molecule has 1 aromatic carbocycles. The number of carbonyl (C=O) groups is 2. The van der Waals surface area contributed by atoms with E-state index in [1.54, 1.807) is 6.07 Å². The minimum atomic E-state index is -1.18. The van der Waals surface area contributed by atoms with Gasteiger partial charge in [-0.1, -0.05) is 0 Å². The highest BCUT2D eigenvalue weighted by atomic mass is 16.5. The molecule has 0 unspecified atom stereocenters. The molecule has 6 heteroatoms. The normalized spacial score (nSPS) is 9.18. The first kappa shape index (κ1) is 12.5. The second-order valence-electron chi connectivity index (χ2n) is 3.10. The zero-order valence-electron chi connectivity index (χ0n) is 9.06. The number of nitriles is 1. The number of rotatable bonds is 4. The Balaban J connectivity index is 3.03. The summed E-state index contributed by atoms with van der Waals surface area (Å²) in [5.41, 5.74) is 0.0502. The number of hydrogen-bond donors (Lipinski definition) is 2. The lowest BCUT2D eigenvalue weighted by Gasteiger charge is -2.08. The maximum absolute atomic E-state index is 11.2. The molecule has 2 N–H and O–H groups in total. The molecule has 88 valence electrons. The predicted molar refractivity (Wildman–Crippen MR) is 58.8 cm³/mol. The number of nitrogens with zero attached hydrogens (tertiary/aromatic N) is 1. The third-order valence-corrected chi connectivity index (χ3v) is 1.97. The molecule has 0 saturated heterocycles. The van der Waals surface area contributed by atoms with Crippen molar-refractivity contribution in [3.8, 4) is 11.8 Å². The Labute approximate surface area is 97.4 Å². The molecule has 0 bridgehead atoms. The molecule has 0 aliphatic rings. The summed E-state index contributed by atoms with van der Waals surface area (Å²) in [4.78, 5) is 22.1. The molecule has 0 spiro atoms. The number of anilines is 1. The average Bonchev–Trinajstić information content (AvgIpc) is 2.29. The van der Waals surface area contributed by atoms with Crippen LogP contribution < -0.4 is 10.1 Å². The fourth-order valence-electron chi connectivity index (χ4n) is 1.20. The van der Waals surface area contributed by atoms with Crippen molar-refractivity contribution in [3.05, 3.63) is 23.8 Å². The van der Waals surface area contributed by atoms with Gasteiger partial charge in [0.15, 0.2) is 0 Å². The molecule has 0 atom stereocenters. The number of hydrogen-bond acceptors (Lipinski definition) is 4. The fraction of sp³-hybridized carbons (Fsp3) is 0.182. The van der Waals surface area contributed by atoms with Crippen molar-refractivity contribution in [3.63, 3.8) is 0 Å². The van der Waals surface area contributed by atoms with E-state index in [0.717, 1.165) is 0 Å². The summed E-state index contributed by atoms with van der Waals surface area (Å²) < 4.78 is 4.88. The SMILES string of the molecule is COc1ccc(NC(=O)CC#N)c(C(=O)O)c1. The molecular formula is C11H10N2O4. The molecule has 0 radical (unpaired) electrons. The van der Waals surface area contributed by atoms with E-state index >= 15 is 0 Å². The molecule has 1 rings (SSSR count). The Hall–Kier alpha value is -2.55. The van der Waals surface area contributed by atoms with E-state index in [-0.39, 0.29) is 17.7 Å². The van der Waals surface area contributed by atoms with Crippen LogP contribution in [0.1, 0.15) is 16.8 Å². The number of aromatic carboxylic acids is 1. The molecule has 0 aromatic heterocycles. The zero-order valence-corrected chi connectivity index (χ0v) is 9.06. The monoisotopic (exact) mass is 234 g/mol. The Morgan fingerprint density at radius 3 is 2.76 bits per heavy atom. The van der Waals surface area contributed by atoms with E-state index < -0.39 is 11.9 Å². The van der Waals surface area contributed by atoms with Crippen molar-refractivity contribution >= 4 is 17.6 Å². The highest BCUT2D eigenvalue weighted by Crippen LogP contribution is 2.22. The van der Waals surface area contributed by atoms with Crippen molar-refractivity contribution in [2.24, 2.45) is 0 Å². The smallest absolute Gasteiger partial charge is 0.337 e. The Morgan fingerprint density at radius 2 is 2.24 bits per heavy atom. The van der Waals surface area contributed by atoms with Crippen LogP contribution in [0.25, 0.3) is 0 Å². The maximum atomic E-state index is 11.2. The van der Waals surface area contributed by atoms with Gasteiger partial charge in [0, 0.05) is 0 Å². The third kappa shape index (κ3) is 3.21. The van der Waals surface area contributed by atoms with Crippen molar-refractivity contribution in [2.75, 3.05) is 12.4 Å². The van der Waals surface area contributed by atoms with Gasteiger partial charge in [-0.25, -0.2) is 4.79 Å². The largest absolute Gasteiger partial charge is 0.497 e. The summed E-state index contributed by atoms with van der Waals surface area (Å²) in [6.07, 6.45) is -0.328. The van der Waals surface area contributed by atoms with Crippen LogP contribution in [-0.4, -0.2) is 24.1 Å². The number of amides is 1. The number of ether oxygens (including phenoxy) is 1. The minimum Gasteiger partial charge on any atom is -0.497 e. The van der Waals surface area contributed by atoms with Crippen LogP contribution in [-0.2, 0) is 4.79 Å². The van der Waals surface area contributed by atoms with Crippen molar-refractivity contribution in [2.45, 2.75) is 6.42 Å². The Bertz CT molecular complexity index is 491. The van der Waals surface area contributed by atoms with Gasteiger partial charge >= 0.3 is 5.97 Å². The predicted octanol–water partition coefficient (Wildman–Crippen LogP) is 1.25. The number of benzene rings is 1. The number of nitrogens with one attached hydrogen (secondary N) is 1. The van der Waals surface area contributed by atoms with Crippen LogP contribution in [0.2, 0.25) is 0 Å². The lowest BCUT2D eigenvalue weighted by molar-refractivity contribution is -0.115. The summed E-state index contributed by atoms with van der Waals surface area (Å²) in [7, 11) is 1.41. The lowest BCUT2D eigenvalue weighted by atomic mass is 10.1. The standard InChI is InChI=1S/C11H10N2O4/c1-17-7-2-3-9(8(6-7)11(15)16)13-10(14)4-5-12/h2-3,6H,4H2,1H3,(H,13,14)(H,15,16). The summed E-state index contributed by atoms with van der Waals surface area (Å²) in [5.74, 6) is -1.36. The minimum absolute atomic E-state index is 0.0874. The highest BCUT2D eigenvalue weighted by Gasteiger charge is 2.13. The highest BCUT2D eigenvalue weighted by molar-refractivity contribution is 6.01. The first-order chi connectivity index (χ1) is 8.08. The first-order valence-electron chi connectivity index (χ1n) is 4.66. The van der Waals surface area contributed by atoms with Gasteiger partial charge in [-0.15, -0.1) is 0 Å². The van der Waals surface area contributed by atoms with Crippen molar-refractivity contribution in [1.29, 1.82) is 5.26 Å². The third-order valence-electron chi connectivity index (χ3n) is 1.97. The van der Waals surface area contributed by atoms with Gasteiger partial charge in [0.05, 0.1) is 24.4 Å². The van der Waals surface area contributed by atoms with E-state index in [1.807, 2.05) is 0 Å². The van der Waals surface area contributed by atoms with Crippen molar-refractivity contribution < 1.29 is 19.4 Å². The van der Waals surface area contributed by atoms with E-state index in [4.69, 9.17) is 15.1 Å². The molecular weight excluding hydrogens is 224 g/mol. The van der Waals surface area contributed by atoms with Crippen LogP contribution in [0.15, 0.2) is 18.2 Å². The molecule has 0 saturated carbocycles. The van der Waals surface area contributed by atoms with E-state index in [0.29, 0.717) is 5.75 Å². The summed E-state index contributed by atoms with van der Waals surface area (Å²) in [6, 6.07) is 5.91. The van der Waals surface area contributed by atoms with E-state index in [9.17, 15) is 9.59 Å². The van der Waals surface area contributed by atoms with Crippen molar-refractivity contribution in [1.82, 2.24) is 0 Å². The first-order valence-corrected chi connectivity index (χ1v) is 4.66. The molecule has 0 aliphatic carbocycles. The Morgan fingerprint density at radius 1 is 1.53 bits per heavy atom. The molecule has 17 heavy (non-hydrogen) atoms. The maximum Gasteiger partial charge on any atom is 0.337 e. The van der Waals surface area contributed by atoms with Crippen LogP contribution in [0.4, 0.5) is 5.69 Å². The quantitative estimate of drug-likeness (QED) is 0.816. The molecule has 0 fully saturated rings. The van der Waals surface area contributed by atoms with Crippen LogP contribution in [0, 0.1) is 11.3 Å². The zero-order chi connectivity index (χ0) is 12.8. The number of carboxylic acid groups (broad SMARTS) is 1. The molecule has 0 heterocycles. The van der Waals surface area contributed by atoms with Gasteiger partial charge in [-0.05, 0) is 18.2 Å². The van der Waals surface area contributed by atoms with Crippen LogP contribution >= 0.6 is 0 Å². The van der Waals surface area contributed by atoms with Gasteiger partial charge in [0.25, 0.3) is 0 Å². The number of methoxy groups -OCH3 is 1. The second kappa shape index (κ2) is 5.51. The second-order valence-corrected chi connectivity index (χ2v) is 3.10. The van der Waals surface area contributed by atoms with Gasteiger partial charge in [-0.3, -0.25) is 4.79 Å². The van der Waals surface area contributed by atoms with Gasteiger partial charge in [0.1, 0.15) is 12.2 Å². The van der Waals surface area contributed by atoms with Gasteiger partial charge in [0.2, 0.25) is 5.91 Å². The van der Waals surface area contributed by atoms with Gasteiger partial charge in [-0.2, -0.15) is 5.26 Å². The van der Waals surface area contributed by atoms with E-state index in [1.165, 1.54) is 25.3 Å². The average molecular weight is 234 g/mol. The van der Waals surface area contributed by atoms with Crippen LogP contribution in [0.5, 0.6) is 5.75 Å². The summed E-state index contributed by atoms with van der Waals surface area (Å²) in [6.45, 7) is 0. The Kier molecular flexibility index (Phi) is 4.06. The van der Waals surface area contributed by atoms with Crippen LogP contribution in [0.3, 0.4) is 0 Å². The van der Waals surface area contributed by atoms with E-state index in [2.05, 4.69) is 5.32 Å². The summed E-state index contributed by atoms with van der Waals surface area (Å²) in [5, 5.41) is 19.6. The summed E-state index contributed by atoms with van der Waals surface area (Å²) >= 11 is 0. The molecule has 6 nitrogen and oxygen atoms in total. The number of carbonyl (C=O) groups excluding carboxylic acids is 1. The molecule has 1 aromatic rings. The lowest BCUT2D eigenvalue weighted by Crippen LogP contribution is -2.13. The van der Waals surface area contributed by atoms with Gasteiger partial charge < -0.3 is 15.2 Å². The topological polar surface area (TPSA) is 99.4 Å². The fourth-order valence-corrected chi connectivity index (χ4v) is 1.20. The number of carboxylic acids is 1.